The summed E-state index contributed by atoms with van der Waals surface area (Å²) in [4.78, 5) is 11.2. The highest BCUT2D eigenvalue weighted by Crippen LogP contribution is 2.33. The minimum atomic E-state index is -0.525. The SMILES string of the molecule is NC(=O)c1ccc(N)c(OCc2ccc3c(c2)OCO3)c1. The van der Waals surface area contributed by atoms with Gasteiger partial charge in [-0.2, -0.15) is 0 Å². The number of amides is 1. The molecule has 1 amide bonds. The zero-order chi connectivity index (χ0) is 14.8. The second-order valence-electron chi connectivity index (χ2n) is 4.59. The van der Waals surface area contributed by atoms with Gasteiger partial charge in [0.1, 0.15) is 12.4 Å². The van der Waals surface area contributed by atoms with Crippen LogP contribution in [0.4, 0.5) is 5.69 Å². The molecule has 21 heavy (non-hydrogen) atoms. The molecule has 1 aliphatic rings. The van der Waals surface area contributed by atoms with Gasteiger partial charge in [-0.15, -0.1) is 0 Å². The smallest absolute Gasteiger partial charge is 0.248 e. The van der Waals surface area contributed by atoms with Gasteiger partial charge < -0.3 is 25.7 Å². The summed E-state index contributed by atoms with van der Waals surface area (Å²) in [5, 5.41) is 0. The van der Waals surface area contributed by atoms with E-state index in [1.807, 2.05) is 18.2 Å². The molecule has 0 aliphatic carbocycles. The average Bonchev–Trinajstić information content (AvgIpc) is 2.93. The Kier molecular flexibility index (Phi) is 3.27. The van der Waals surface area contributed by atoms with Crippen LogP contribution in [0, 0.1) is 0 Å². The number of hydrogen-bond donors (Lipinski definition) is 2. The van der Waals surface area contributed by atoms with Crippen LogP contribution in [0.15, 0.2) is 36.4 Å². The lowest BCUT2D eigenvalue weighted by molar-refractivity contribution is 0.1000. The third-order valence-corrected chi connectivity index (χ3v) is 3.13. The number of nitrogen functional groups attached to an aromatic ring is 1. The van der Waals surface area contributed by atoms with Crippen molar-refractivity contribution in [3.05, 3.63) is 47.5 Å². The largest absolute Gasteiger partial charge is 0.487 e. The van der Waals surface area contributed by atoms with Crippen molar-refractivity contribution in [2.45, 2.75) is 6.61 Å². The zero-order valence-corrected chi connectivity index (χ0v) is 11.2. The minimum absolute atomic E-state index is 0.229. The third kappa shape index (κ3) is 2.69. The zero-order valence-electron chi connectivity index (χ0n) is 11.2. The van der Waals surface area contributed by atoms with Crippen LogP contribution in [0.25, 0.3) is 0 Å². The summed E-state index contributed by atoms with van der Waals surface area (Å²) in [5.74, 6) is 1.30. The van der Waals surface area contributed by atoms with Crippen molar-refractivity contribution in [1.82, 2.24) is 0 Å². The Morgan fingerprint density at radius 3 is 2.76 bits per heavy atom. The van der Waals surface area contributed by atoms with Crippen molar-refractivity contribution in [3.8, 4) is 17.2 Å². The maximum atomic E-state index is 11.2. The van der Waals surface area contributed by atoms with E-state index in [-0.39, 0.29) is 6.79 Å². The Labute approximate surface area is 121 Å². The number of primary amides is 1. The van der Waals surface area contributed by atoms with Crippen LogP contribution < -0.4 is 25.7 Å². The molecule has 1 aliphatic heterocycles. The Morgan fingerprint density at radius 2 is 1.95 bits per heavy atom. The lowest BCUT2D eigenvalue weighted by Crippen LogP contribution is -2.11. The molecule has 0 saturated carbocycles. The summed E-state index contributed by atoms with van der Waals surface area (Å²) < 4.78 is 16.2. The first-order chi connectivity index (χ1) is 10.1. The summed E-state index contributed by atoms with van der Waals surface area (Å²) in [6.45, 7) is 0.524. The summed E-state index contributed by atoms with van der Waals surface area (Å²) in [7, 11) is 0. The predicted octanol–water partition coefficient (Wildman–Crippen LogP) is 1.68. The molecule has 6 heteroatoms. The third-order valence-electron chi connectivity index (χ3n) is 3.13. The first kappa shape index (κ1) is 13.1. The van der Waals surface area contributed by atoms with Crippen LogP contribution in [-0.4, -0.2) is 12.7 Å². The average molecular weight is 286 g/mol. The van der Waals surface area contributed by atoms with Crippen LogP contribution in [0.2, 0.25) is 0 Å². The van der Waals surface area contributed by atoms with E-state index in [9.17, 15) is 4.79 Å². The molecular formula is C15H14N2O4. The van der Waals surface area contributed by atoms with Crippen molar-refractivity contribution in [2.75, 3.05) is 12.5 Å². The Morgan fingerprint density at radius 1 is 1.14 bits per heavy atom. The molecule has 0 saturated heterocycles. The fourth-order valence-electron chi connectivity index (χ4n) is 2.00. The molecule has 0 atom stereocenters. The van der Waals surface area contributed by atoms with E-state index in [0.29, 0.717) is 35.1 Å². The van der Waals surface area contributed by atoms with Crippen molar-refractivity contribution in [1.29, 1.82) is 0 Å². The fraction of sp³-hybridized carbons (Fsp3) is 0.133. The van der Waals surface area contributed by atoms with Crippen LogP contribution in [-0.2, 0) is 6.61 Å². The Bertz CT molecular complexity index is 700. The molecule has 0 spiro atoms. The van der Waals surface area contributed by atoms with Gasteiger partial charge in [0.2, 0.25) is 12.7 Å². The highest BCUT2D eigenvalue weighted by Gasteiger charge is 2.13. The number of anilines is 1. The highest BCUT2D eigenvalue weighted by atomic mass is 16.7. The van der Waals surface area contributed by atoms with Gasteiger partial charge in [0, 0.05) is 5.56 Å². The molecule has 2 aromatic carbocycles. The van der Waals surface area contributed by atoms with Crippen LogP contribution >= 0.6 is 0 Å². The lowest BCUT2D eigenvalue weighted by atomic mass is 10.2. The molecule has 3 rings (SSSR count). The molecule has 0 unspecified atom stereocenters. The van der Waals surface area contributed by atoms with E-state index in [1.54, 1.807) is 12.1 Å². The van der Waals surface area contributed by atoms with Gasteiger partial charge in [-0.3, -0.25) is 4.79 Å². The number of ether oxygens (including phenoxy) is 3. The summed E-state index contributed by atoms with van der Waals surface area (Å²) >= 11 is 0. The van der Waals surface area contributed by atoms with Crippen LogP contribution in [0.1, 0.15) is 15.9 Å². The predicted molar refractivity (Wildman–Crippen MR) is 76.3 cm³/mol. The normalized spacial score (nSPS) is 12.2. The van der Waals surface area contributed by atoms with Crippen LogP contribution in [0.3, 0.4) is 0 Å². The molecule has 6 nitrogen and oxygen atoms in total. The minimum Gasteiger partial charge on any atom is -0.487 e. The first-order valence-electron chi connectivity index (χ1n) is 6.34. The molecule has 0 bridgehead atoms. The van der Waals surface area contributed by atoms with E-state index >= 15 is 0 Å². The molecule has 0 radical (unpaired) electrons. The number of fused-ring (bicyclic) bond motifs is 1. The monoisotopic (exact) mass is 286 g/mol. The number of carbonyl (C=O) groups is 1. The number of benzene rings is 2. The van der Waals surface area contributed by atoms with Gasteiger partial charge in [-0.25, -0.2) is 0 Å². The Balaban J connectivity index is 1.75. The number of hydrogen-bond acceptors (Lipinski definition) is 5. The fourth-order valence-corrected chi connectivity index (χ4v) is 2.00. The summed E-state index contributed by atoms with van der Waals surface area (Å²) in [5.41, 5.74) is 12.8. The van der Waals surface area contributed by atoms with E-state index in [2.05, 4.69) is 0 Å². The van der Waals surface area contributed by atoms with Gasteiger partial charge in [0.15, 0.2) is 11.5 Å². The number of carbonyl (C=O) groups excluding carboxylic acids is 1. The standard InChI is InChI=1S/C15H14N2O4/c16-11-3-2-10(15(17)18)6-13(11)19-7-9-1-4-12-14(5-9)21-8-20-12/h1-6H,7-8,16H2,(H2,17,18). The quantitative estimate of drug-likeness (QED) is 0.833. The molecule has 2 aromatic rings. The van der Waals surface area contributed by atoms with Crippen molar-refractivity contribution < 1.29 is 19.0 Å². The van der Waals surface area contributed by atoms with E-state index in [0.717, 1.165) is 5.56 Å². The van der Waals surface area contributed by atoms with E-state index < -0.39 is 5.91 Å². The second-order valence-corrected chi connectivity index (χ2v) is 4.59. The molecule has 4 N–H and O–H groups in total. The van der Waals surface area contributed by atoms with E-state index in [1.165, 1.54) is 6.07 Å². The van der Waals surface area contributed by atoms with Crippen molar-refractivity contribution >= 4 is 11.6 Å². The molecular weight excluding hydrogens is 272 g/mol. The summed E-state index contributed by atoms with van der Waals surface area (Å²) in [6, 6.07) is 10.2. The lowest BCUT2D eigenvalue weighted by Gasteiger charge is -2.10. The van der Waals surface area contributed by atoms with Gasteiger partial charge in [-0.05, 0) is 35.9 Å². The van der Waals surface area contributed by atoms with Crippen molar-refractivity contribution in [2.24, 2.45) is 5.73 Å². The van der Waals surface area contributed by atoms with Gasteiger partial charge in [0.25, 0.3) is 0 Å². The second kappa shape index (κ2) is 5.24. The first-order valence-corrected chi connectivity index (χ1v) is 6.34. The van der Waals surface area contributed by atoms with Crippen LogP contribution in [0.5, 0.6) is 17.2 Å². The van der Waals surface area contributed by atoms with E-state index in [4.69, 9.17) is 25.7 Å². The van der Waals surface area contributed by atoms with Gasteiger partial charge >= 0.3 is 0 Å². The highest BCUT2D eigenvalue weighted by molar-refractivity contribution is 5.93. The number of nitrogens with two attached hydrogens (primary N) is 2. The Hall–Kier alpha value is -2.89. The molecule has 108 valence electrons. The summed E-state index contributed by atoms with van der Waals surface area (Å²) in [6.07, 6.45) is 0. The molecule has 0 aromatic heterocycles. The van der Waals surface area contributed by atoms with Gasteiger partial charge in [-0.1, -0.05) is 6.07 Å². The van der Waals surface area contributed by atoms with Gasteiger partial charge in [0.05, 0.1) is 5.69 Å². The molecule has 0 fully saturated rings. The topological polar surface area (TPSA) is 96.8 Å². The number of rotatable bonds is 4. The maximum Gasteiger partial charge on any atom is 0.248 e. The van der Waals surface area contributed by atoms with Crippen molar-refractivity contribution in [3.63, 3.8) is 0 Å². The molecule has 1 heterocycles. The maximum absolute atomic E-state index is 11.2.